The lowest BCUT2D eigenvalue weighted by Gasteiger charge is -2.14. The first-order valence-corrected chi connectivity index (χ1v) is 7.30. The highest BCUT2D eigenvalue weighted by atomic mass is 16.5. The predicted octanol–water partition coefficient (Wildman–Crippen LogP) is 3.43. The van der Waals surface area contributed by atoms with Gasteiger partial charge in [-0.3, -0.25) is 0 Å². The summed E-state index contributed by atoms with van der Waals surface area (Å²) in [7, 11) is 0. The first kappa shape index (κ1) is 14.8. The largest absolute Gasteiger partial charge is 0.358 e. The maximum Gasteiger partial charge on any atom is 0.358 e. The summed E-state index contributed by atoms with van der Waals surface area (Å²) in [4.78, 5) is 24.0. The number of amides is 1. The number of hydrogen-bond acceptors (Lipinski definition) is 3. The van der Waals surface area contributed by atoms with Crippen molar-refractivity contribution >= 4 is 6.03 Å². The van der Waals surface area contributed by atoms with Crippen LogP contribution in [0, 0.1) is 0 Å². The molecule has 0 aliphatic rings. The van der Waals surface area contributed by atoms with Crippen LogP contribution in [0.4, 0.5) is 4.79 Å². The molecule has 1 N–H and O–H groups in total. The van der Waals surface area contributed by atoms with Gasteiger partial charge in [-0.2, -0.15) is 0 Å². The van der Waals surface area contributed by atoms with Gasteiger partial charge in [0, 0.05) is 5.56 Å². The van der Waals surface area contributed by atoms with E-state index < -0.39 is 11.7 Å². The van der Waals surface area contributed by atoms with Crippen LogP contribution in [-0.4, -0.2) is 10.8 Å². The zero-order valence-corrected chi connectivity index (χ0v) is 12.6. The van der Waals surface area contributed by atoms with Crippen molar-refractivity contribution in [3.05, 3.63) is 82.7 Å². The second-order valence-corrected chi connectivity index (χ2v) is 5.18. The summed E-state index contributed by atoms with van der Waals surface area (Å²) in [6.45, 7) is 1.87. The Kier molecular flexibility index (Phi) is 4.10. The van der Waals surface area contributed by atoms with Gasteiger partial charge in [-0.25, -0.2) is 9.59 Å². The molecule has 5 nitrogen and oxygen atoms in total. The van der Waals surface area contributed by atoms with Gasteiger partial charge < -0.3 is 9.84 Å². The Balaban J connectivity index is 1.87. The van der Waals surface area contributed by atoms with Crippen molar-refractivity contribution in [1.82, 2.24) is 10.1 Å². The van der Waals surface area contributed by atoms with Crippen molar-refractivity contribution in [1.29, 1.82) is 0 Å². The molecule has 0 radical (unpaired) electrons. The van der Waals surface area contributed by atoms with Gasteiger partial charge in [0.2, 0.25) is 0 Å². The third kappa shape index (κ3) is 3.23. The monoisotopic (exact) mass is 308 g/mol. The molecule has 23 heavy (non-hydrogen) atoms. The zero-order chi connectivity index (χ0) is 16.2. The molecule has 1 atom stereocenters. The normalized spacial score (nSPS) is 11.9. The molecule has 0 saturated heterocycles. The summed E-state index contributed by atoms with van der Waals surface area (Å²) < 4.78 is 6.01. The van der Waals surface area contributed by atoms with Crippen LogP contribution in [0.1, 0.15) is 18.5 Å². The van der Waals surface area contributed by atoms with Crippen molar-refractivity contribution < 1.29 is 9.32 Å². The van der Waals surface area contributed by atoms with E-state index in [1.54, 1.807) is 0 Å². The molecule has 0 fully saturated rings. The fourth-order valence-corrected chi connectivity index (χ4v) is 2.37. The molecule has 2 aromatic carbocycles. The van der Waals surface area contributed by atoms with E-state index in [0.29, 0.717) is 5.69 Å². The van der Waals surface area contributed by atoms with Gasteiger partial charge in [0.05, 0.1) is 12.1 Å². The Morgan fingerprint density at radius 2 is 1.65 bits per heavy atom. The topological polar surface area (TPSA) is 64.2 Å². The molecule has 1 heterocycles. The molecular formula is C18H16N2O3. The number of hydrogen-bond donors (Lipinski definition) is 1. The van der Waals surface area contributed by atoms with Crippen LogP contribution in [0.25, 0.3) is 11.3 Å². The summed E-state index contributed by atoms with van der Waals surface area (Å²) in [6.07, 6.45) is 0. The van der Waals surface area contributed by atoms with E-state index in [-0.39, 0.29) is 6.04 Å². The molecule has 3 rings (SSSR count). The van der Waals surface area contributed by atoms with Crippen LogP contribution < -0.4 is 10.9 Å². The standard InChI is InChI=1S/C18H16N2O3/c1-13(14-8-4-2-5-9-14)19-18(22)20-16(12-17(21)23-20)15-10-6-3-7-11-15/h2-13H,1H3,(H,19,22)/t13-/m0/s1. The van der Waals surface area contributed by atoms with Crippen LogP contribution in [0.15, 0.2) is 76.0 Å². The first-order chi connectivity index (χ1) is 11.1. The summed E-state index contributed by atoms with van der Waals surface area (Å²) in [5.74, 6) is 0. The third-order valence-corrected chi connectivity index (χ3v) is 3.55. The van der Waals surface area contributed by atoms with Crippen LogP contribution in [0.5, 0.6) is 0 Å². The predicted molar refractivity (Wildman–Crippen MR) is 87.2 cm³/mol. The highest BCUT2D eigenvalue weighted by Crippen LogP contribution is 2.18. The van der Waals surface area contributed by atoms with Gasteiger partial charge in [-0.1, -0.05) is 60.7 Å². The average Bonchev–Trinajstić information content (AvgIpc) is 2.98. The molecule has 0 unspecified atom stereocenters. The fraction of sp³-hybridized carbons (Fsp3) is 0.111. The van der Waals surface area contributed by atoms with E-state index in [4.69, 9.17) is 4.52 Å². The number of carbonyl (C=O) groups is 1. The molecule has 0 aliphatic carbocycles. The van der Waals surface area contributed by atoms with E-state index in [1.165, 1.54) is 6.07 Å². The minimum absolute atomic E-state index is 0.208. The lowest BCUT2D eigenvalue weighted by Crippen LogP contribution is -2.31. The molecule has 5 heteroatoms. The number of nitrogens with zero attached hydrogens (tertiary/aromatic N) is 1. The Morgan fingerprint density at radius 1 is 1.04 bits per heavy atom. The van der Waals surface area contributed by atoms with Crippen LogP contribution in [-0.2, 0) is 0 Å². The molecule has 1 amide bonds. The van der Waals surface area contributed by atoms with Gasteiger partial charge in [0.25, 0.3) is 0 Å². The van der Waals surface area contributed by atoms with E-state index in [1.807, 2.05) is 67.6 Å². The van der Waals surface area contributed by atoms with Gasteiger partial charge >= 0.3 is 11.7 Å². The molecule has 3 aromatic rings. The SMILES string of the molecule is C[C@H](NC(=O)n1oc(=O)cc1-c1ccccc1)c1ccccc1. The molecule has 0 aliphatic heterocycles. The first-order valence-electron chi connectivity index (χ1n) is 7.30. The lowest BCUT2D eigenvalue weighted by atomic mass is 10.1. The highest BCUT2D eigenvalue weighted by molar-refractivity contribution is 5.81. The quantitative estimate of drug-likeness (QED) is 0.806. The Bertz CT molecular complexity index is 851. The third-order valence-electron chi connectivity index (χ3n) is 3.55. The average molecular weight is 308 g/mol. The van der Waals surface area contributed by atoms with Crippen LogP contribution in [0.2, 0.25) is 0 Å². The summed E-state index contributed by atoms with van der Waals surface area (Å²) >= 11 is 0. The molecule has 1 aromatic heterocycles. The fourth-order valence-electron chi connectivity index (χ4n) is 2.37. The summed E-state index contributed by atoms with van der Waals surface area (Å²) in [5, 5.41) is 2.83. The van der Waals surface area contributed by atoms with Crippen molar-refractivity contribution in [2.24, 2.45) is 0 Å². The van der Waals surface area contributed by atoms with Crippen molar-refractivity contribution in [2.45, 2.75) is 13.0 Å². The summed E-state index contributed by atoms with van der Waals surface area (Å²) in [5.41, 5.74) is 1.57. The van der Waals surface area contributed by atoms with Gasteiger partial charge in [-0.05, 0) is 12.5 Å². The Labute approximate surface area is 133 Å². The minimum atomic E-state index is -0.564. The van der Waals surface area contributed by atoms with E-state index >= 15 is 0 Å². The molecule has 0 saturated carbocycles. The van der Waals surface area contributed by atoms with Crippen molar-refractivity contribution in [3.8, 4) is 11.3 Å². The number of aromatic nitrogens is 1. The molecular weight excluding hydrogens is 292 g/mol. The van der Waals surface area contributed by atoms with Crippen LogP contribution >= 0.6 is 0 Å². The number of carbonyl (C=O) groups excluding carboxylic acids is 1. The van der Waals surface area contributed by atoms with Gasteiger partial charge in [0.15, 0.2) is 0 Å². The molecule has 0 spiro atoms. The van der Waals surface area contributed by atoms with Crippen LogP contribution in [0.3, 0.4) is 0 Å². The number of nitrogens with one attached hydrogen (secondary N) is 1. The lowest BCUT2D eigenvalue weighted by molar-refractivity contribution is 0.205. The molecule has 0 bridgehead atoms. The van der Waals surface area contributed by atoms with E-state index in [9.17, 15) is 9.59 Å². The smallest absolute Gasteiger partial charge is 0.329 e. The number of rotatable bonds is 3. The van der Waals surface area contributed by atoms with Gasteiger partial charge in [-0.15, -0.1) is 4.74 Å². The van der Waals surface area contributed by atoms with Gasteiger partial charge in [0.1, 0.15) is 5.69 Å². The Morgan fingerprint density at radius 3 is 2.30 bits per heavy atom. The highest BCUT2D eigenvalue weighted by Gasteiger charge is 2.18. The summed E-state index contributed by atoms with van der Waals surface area (Å²) in [6, 6.07) is 19.4. The van der Waals surface area contributed by atoms with Crippen molar-refractivity contribution in [3.63, 3.8) is 0 Å². The number of benzene rings is 2. The van der Waals surface area contributed by atoms with E-state index in [2.05, 4.69) is 5.32 Å². The minimum Gasteiger partial charge on any atom is -0.329 e. The second-order valence-electron chi connectivity index (χ2n) is 5.18. The molecule has 116 valence electrons. The zero-order valence-electron chi connectivity index (χ0n) is 12.6. The maximum atomic E-state index is 12.5. The van der Waals surface area contributed by atoms with Crippen molar-refractivity contribution in [2.75, 3.05) is 0 Å². The van der Waals surface area contributed by atoms with E-state index in [0.717, 1.165) is 15.9 Å². The maximum absolute atomic E-state index is 12.5. The Hall–Kier alpha value is -3.08. The second kappa shape index (κ2) is 6.36.